The van der Waals surface area contributed by atoms with Crippen molar-refractivity contribution >= 4 is 23.4 Å². The fraction of sp³-hybridized carbons (Fsp3) is 0.500. The van der Waals surface area contributed by atoms with E-state index in [1.807, 2.05) is 23.1 Å². The number of carbonyl (C=O) groups is 1. The van der Waals surface area contributed by atoms with Crippen LogP contribution in [-0.2, 0) is 6.42 Å². The molecule has 0 bridgehead atoms. The van der Waals surface area contributed by atoms with Gasteiger partial charge >= 0.3 is 6.03 Å². The third-order valence-electron chi connectivity index (χ3n) is 5.80. The number of piperazine rings is 1. The molecular weight excluding hydrogens is 364 g/mol. The predicted molar refractivity (Wildman–Crippen MR) is 117 cm³/mol. The minimum atomic E-state index is -0.0328. The number of carbonyl (C=O) groups excluding carboxylic acids is 1. The Morgan fingerprint density at radius 2 is 1.62 bits per heavy atom. The standard InChI is InChI=1S/C22H30N6O/c1-2-18-7-6-8-19(15-18)25-22(29)28-13-11-27(12-14-28)21-16-20(23-17-24-21)26-9-4-3-5-10-26/h6-8,15-17H,2-5,9-14H2,1H3,(H,25,29). The lowest BCUT2D eigenvalue weighted by Gasteiger charge is -2.36. The molecule has 1 aromatic heterocycles. The van der Waals surface area contributed by atoms with Crippen molar-refractivity contribution in [3.63, 3.8) is 0 Å². The van der Waals surface area contributed by atoms with Gasteiger partial charge in [0.05, 0.1) is 0 Å². The molecular formula is C22H30N6O. The molecule has 4 rings (SSSR count). The van der Waals surface area contributed by atoms with E-state index in [0.29, 0.717) is 13.1 Å². The second-order valence-electron chi connectivity index (χ2n) is 7.74. The molecule has 0 unspecified atom stereocenters. The van der Waals surface area contributed by atoms with Crippen molar-refractivity contribution in [2.24, 2.45) is 0 Å². The average molecular weight is 395 g/mol. The van der Waals surface area contributed by atoms with Gasteiger partial charge in [-0.05, 0) is 43.4 Å². The molecule has 0 spiro atoms. The first kappa shape index (κ1) is 19.5. The van der Waals surface area contributed by atoms with Gasteiger partial charge < -0.3 is 20.0 Å². The molecule has 3 heterocycles. The van der Waals surface area contributed by atoms with Crippen LogP contribution in [0, 0.1) is 0 Å². The zero-order valence-corrected chi connectivity index (χ0v) is 17.2. The van der Waals surface area contributed by atoms with E-state index in [1.165, 1.54) is 24.8 Å². The summed E-state index contributed by atoms with van der Waals surface area (Å²) in [6.45, 7) is 7.18. The number of nitrogens with one attached hydrogen (secondary N) is 1. The monoisotopic (exact) mass is 394 g/mol. The summed E-state index contributed by atoms with van der Waals surface area (Å²) in [5.41, 5.74) is 2.08. The number of hydrogen-bond donors (Lipinski definition) is 1. The lowest BCUT2D eigenvalue weighted by molar-refractivity contribution is 0.208. The zero-order chi connectivity index (χ0) is 20.1. The molecule has 1 N–H and O–H groups in total. The highest BCUT2D eigenvalue weighted by Gasteiger charge is 2.23. The number of benzene rings is 1. The van der Waals surface area contributed by atoms with E-state index < -0.39 is 0 Å². The molecule has 1 aromatic carbocycles. The van der Waals surface area contributed by atoms with Crippen LogP contribution in [0.25, 0.3) is 0 Å². The van der Waals surface area contributed by atoms with Gasteiger partial charge in [-0.15, -0.1) is 0 Å². The maximum absolute atomic E-state index is 12.6. The summed E-state index contributed by atoms with van der Waals surface area (Å²) < 4.78 is 0. The van der Waals surface area contributed by atoms with Crippen molar-refractivity contribution < 1.29 is 4.79 Å². The van der Waals surface area contributed by atoms with Gasteiger partial charge in [-0.2, -0.15) is 0 Å². The van der Waals surface area contributed by atoms with E-state index in [9.17, 15) is 4.79 Å². The summed E-state index contributed by atoms with van der Waals surface area (Å²) in [5.74, 6) is 1.97. The molecule has 2 aromatic rings. The first-order chi connectivity index (χ1) is 14.2. The van der Waals surface area contributed by atoms with Gasteiger partial charge in [-0.1, -0.05) is 19.1 Å². The van der Waals surface area contributed by atoms with E-state index in [1.54, 1.807) is 6.33 Å². The second-order valence-corrected chi connectivity index (χ2v) is 7.74. The Morgan fingerprint density at radius 3 is 2.31 bits per heavy atom. The Labute approximate surface area is 172 Å². The average Bonchev–Trinajstić information content (AvgIpc) is 2.80. The lowest BCUT2D eigenvalue weighted by Crippen LogP contribution is -2.50. The minimum absolute atomic E-state index is 0.0328. The summed E-state index contributed by atoms with van der Waals surface area (Å²) in [4.78, 5) is 28.1. The number of anilines is 3. The van der Waals surface area contributed by atoms with Gasteiger partial charge in [0.1, 0.15) is 18.0 Å². The molecule has 7 heteroatoms. The Morgan fingerprint density at radius 1 is 0.931 bits per heavy atom. The van der Waals surface area contributed by atoms with Crippen LogP contribution in [0.1, 0.15) is 31.7 Å². The van der Waals surface area contributed by atoms with Gasteiger partial charge in [0.25, 0.3) is 0 Å². The van der Waals surface area contributed by atoms with E-state index in [2.05, 4.69) is 44.1 Å². The molecule has 2 saturated heterocycles. The van der Waals surface area contributed by atoms with Gasteiger partial charge in [0, 0.05) is 51.0 Å². The summed E-state index contributed by atoms with van der Waals surface area (Å²) in [6.07, 6.45) is 6.39. The van der Waals surface area contributed by atoms with Crippen LogP contribution >= 0.6 is 0 Å². The van der Waals surface area contributed by atoms with Crippen molar-refractivity contribution in [3.05, 3.63) is 42.2 Å². The van der Waals surface area contributed by atoms with Crippen molar-refractivity contribution in [2.75, 3.05) is 54.4 Å². The van der Waals surface area contributed by atoms with Crippen molar-refractivity contribution in [1.82, 2.24) is 14.9 Å². The van der Waals surface area contributed by atoms with Crippen LogP contribution < -0.4 is 15.1 Å². The first-order valence-corrected chi connectivity index (χ1v) is 10.7. The summed E-state index contributed by atoms with van der Waals surface area (Å²) in [7, 11) is 0. The third-order valence-corrected chi connectivity index (χ3v) is 5.80. The van der Waals surface area contributed by atoms with Gasteiger partial charge in [0.15, 0.2) is 0 Å². The molecule has 2 amide bonds. The lowest BCUT2D eigenvalue weighted by atomic mass is 10.1. The molecule has 154 valence electrons. The number of rotatable bonds is 4. The number of urea groups is 1. The smallest absolute Gasteiger partial charge is 0.321 e. The first-order valence-electron chi connectivity index (χ1n) is 10.7. The number of piperidine rings is 1. The third kappa shape index (κ3) is 4.78. The molecule has 2 aliphatic heterocycles. The normalized spacial score (nSPS) is 17.3. The van der Waals surface area contributed by atoms with Gasteiger partial charge in [0.2, 0.25) is 0 Å². The number of nitrogens with zero attached hydrogens (tertiary/aromatic N) is 5. The number of aryl methyl sites for hydroxylation is 1. The molecule has 2 aliphatic rings. The minimum Gasteiger partial charge on any atom is -0.356 e. The fourth-order valence-corrected chi connectivity index (χ4v) is 4.02. The quantitative estimate of drug-likeness (QED) is 0.861. The molecule has 0 atom stereocenters. The summed E-state index contributed by atoms with van der Waals surface area (Å²) in [6, 6.07) is 10.1. The molecule has 2 fully saturated rings. The molecule has 29 heavy (non-hydrogen) atoms. The highest BCUT2D eigenvalue weighted by molar-refractivity contribution is 5.89. The van der Waals surface area contributed by atoms with Crippen LogP contribution in [0.4, 0.5) is 22.1 Å². The largest absolute Gasteiger partial charge is 0.356 e. The van der Waals surface area contributed by atoms with Crippen molar-refractivity contribution in [1.29, 1.82) is 0 Å². The molecule has 7 nitrogen and oxygen atoms in total. The van der Waals surface area contributed by atoms with Crippen molar-refractivity contribution in [3.8, 4) is 0 Å². The Hall–Kier alpha value is -2.83. The van der Waals surface area contributed by atoms with E-state index >= 15 is 0 Å². The summed E-state index contributed by atoms with van der Waals surface area (Å²) >= 11 is 0. The molecule has 0 aliphatic carbocycles. The molecule has 0 saturated carbocycles. The Kier molecular flexibility index (Phi) is 6.12. The highest BCUT2D eigenvalue weighted by atomic mass is 16.2. The van der Waals surface area contributed by atoms with Crippen LogP contribution in [0.15, 0.2) is 36.7 Å². The maximum Gasteiger partial charge on any atom is 0.321 e. The number of aromatic nitrogens is 2. The highest BCUT2D eigenvalue weighted by Crippen LogP contribution is 2.22. The maximum atomic E-state index is 12.6. The Balaban J connectivity index is 1.33. The van der Waals surface area contributed by atoms with Gasteiger partial charge in [-0.25, -0.2) is 14.8 Å². The fourth-order valence-electron chi connectivity index (χ4n) is 4.02. The van der Waals surface area contributed by atoms with Crippen LogP contribution in [0.2, 0.25) is 0 Å². The van der Waals surface area contributed by atoms with E-state index in [0.717, 1.165) is 49.9 Å². The van der Waals surface area contributed by atoms with Crippen LogP contribution in [0.5, 0.6) is 0 Å². The number of hydrogen-bond acceptors (Lipinski definition) is 5. The van der Waals surface area contributed by atoms with Gasteiger partial charge in [-0.3, -0.25) is 0 Å². The predicted octanol–water partition coefficient (Wildman–Crippen LogP) is 3.38. The SMILES string of the molecule is CCc1cccc(NC(=O)N2CCN(c3cc(N4CCCCC4)ncn3)CC2)c1. The Bertz CT molecular complexity index is 828. The summed E-state index contributed by atoms with van der Waals surface area (Å²) in [5, 5.41) is 3.03. The van der Waals surface area contributed by atoms with Crippen LogP contribution in [-0.4, -0.2) is 60.2 Å². The van der Waals surface area contributed by atoms with E-state index in [4.69, 9.17) is 0 Å². The zero-order valence-electron chi connectivity index (χ0n) is 17.2. The molecule has 0 radical (unpaired) electrons. The topological polar surface area (TPSA) is 64.6 Å². The van der Waals surface area contributed by atoms with E-state index in [-0.39, 0.29) is 6.03 Å². The van der Waals surface area contributed by atoms with Crippen molar-refractivity contribution in [2.45, 2.75) is 32.6 Å². The van der Waals surface area contributed by atoms with Crippen LogP contribution in [0.3, 0.4) is 0 Å². The second kappa shape index (κ2) is 9.11. The number of amides is 2.